The summed E-state index contributed by atoms with van der Waals surface area (Å²) >= 11 is 0. The first-order chi connectivity index (χ1) is 8.65. The summed E-state index contributed by atoms with van der Waals surface area (Å²) in [5, 5.41) is 0. The minimum absolute atomic E-state index is 0.0383. The first-order valence-corrected chi connectivity index (χ1v) is 5.21. The molecule has 0 aliphatic rings. The first-order valence-electron chi connectivity index (χ1n) is 5.21. The lowest BCUT2D eigenvalue weighted by Crippen LogP contribution is -1.89. The first kappa shape index (κ1) is 10.6. The van der Waals surface area contributed by atoms with Crippen LogP contribution in [0.1, 0.15) is 0 Å². The zero-order valence-electron chi connectivity index (χ0n) is 9.11. The number of pyridine rings is 1. The van der Waals surface area contributed by atoms with Crippen molar-refractivity contribution < 1.29 is 8.78 Å². The van der Waals surface area contributed by atoms with E-state index in [-0.39, 0.29) is 5.52 Å². The summed E-state index contributed by atoms with van der Waals surface area (Å²) in [5.41, 5.74) is 6.94. The highest BCUT2D eigenvalue weighted by atomic mass is 19.2. The number of hydrogen-bond donors (Lipinski definition) is 2. The molecule has 0 aliphatic heterocycles. The van der Waals surface area contributed by atoms with Gasteiger partial charge >= 0.3 is 0 Å². The largest absolute Gasteiger partial charge is 0.397 e. The molecule has 4 nitrogen and oxygen atoms in total. The topological polar surface area (TPSA) is 67.6 Å². The molecule has 2 heterocycles. The number of benzene rings is 1. The van der Waals surface area contributed by atoms with Crippen LogP contribution in [0.5, 0.6) is 0 Å². The number of nitrogens with one attached hydrogen (secondary N) is 1. The Morgan fingerprint density at radius 3 is 2.67 bits per heavy atom. The van der Waals surface area contributed by atoms with Gasteiger partial charge in [-0.3, -0.25) is 4.98 Å². The van der Waals surface area contributed by atoms with Crippen LogP contribution in [0.25, 0.3) is 22.6 Å². The maximum atomic E-state index is 13.5. The van der Waals surface area contributed by atoms with E-state index in [0.29, 0.717) is 22.7 Å². The summed E-state index contributed by atoms with van der Waals surface area (Å²) in [6, 6.07) is 5.80. The third kappa shape index (κ3) is 1.58. The van der Waals surface area contributed by atoms with E-state index in [2.05, 4.69) is 15.0 Å². The zero-order chi connectivity index (χ0) is 12.7. The standard InChI is InChI=1S/C12H8F2N4/c13-7-2-4-8-11(10(7)14)18-12(17-8)9-3-1-6(15)5-16-9/h1-5H,15H2,(H,17,18). The highest BCUT2D eigenvalue weighted by molar-refractivity contribution is 5.79. The lowest BCUT2D eigenvalue weighted by atomic mass is 10.3. The number of nitrogen functional groups attached to an aromatic ring is 1. The molecule has 3 N–H and O–H groups in total. The van der Waals surface area contributed by atoms with Gasteiger partial charge < -0.3 is 10.7 Å². The van der Waals surface area contributed by atoms with Gasteiger partial charge in [0.2, 0.25) is 0 Å². The predicted molar refractivity (Wildman–Crippen MR) is 63.7 cm³/mol. The normalized spacial score (nSPS) is 11.0. The lowest BCUT2D eigenvalue weighted by molar-refractivity contribution is 0.515. The Morgan fingerprint density at radius 1 is 1.11 bits per heavy atom. The molecule has 0 radical (unpaired) electrons. The number of halogens is 2. The van der Waals surface area contributed by atoms with E-state index < -0.39 is 11.6 Å². The van der Waals surface area contributed by atoms with Crippen molar-refractivity contribution in [2.45, 2.75) is 0 Å². The van der Waals surface area contributed by atoms with E-state index in [1.54, 1.807) is 12.1 Å². The average Bonchev–Trinajstić information content (AvgIpc) is 2.80. The van der Waals surface area contributed by atoms with E-state index in [1.165, 1.54) is 12.3 Å². The molecule has 0 aliphatic carbocycles. The van der Waals surface area contributed by atoms with Gasteiger partial charge in [0, 0.05) is 0 Å². The second kappa shape index (κ2) is 3.76. The van der Waals surface area contributed by atoms with E-state index in [4.69, 9.17) is 5.73 Å². The Kier molecular flexibility index (Phi) is 2.22. The monoisotopic (exact) mass is 246 g/mol. The van der Waals surface area contributed by atoms with Gasteiger partial charge in [-0.15, -0.1) is 0 Å². The van der Waals surface area contributed by atoms with Gasteiger partial charge in [-0.25, -0.2) is 13.8 Å². The molecule has 0 fully saturated rings. The summed E-state index contributed by atoms with van der Waals surface area (Å²) in [6.07, 6.45) is 1.47. The second-order valence-electron chi connectivity index (χ2n) is 3.82. The number of aromatic nitrogens is 3. The van der Waals surface area contributed by atoms with Gasteiger partial charge in [0.25, 0.3) is 0 Å². The Labute approximate surface area is 100 Å². The average molecular weight is 246 g/mol. The van der Waals surface area contributed by atoms with Crippen LogP contribution in [0.4, 0.5) is 14.5 Å². The molecular formula is C12H8F2N4. The maximum absolute atomic E-state index is 13.5. The molecule has 90 valence electrons. The van der Waals surface area contributed by atoms with Gasteiger partial charge in [0.05, 0.1) is 17.4 Å². The van der Waals surface area contributed by atoms with Crippen molar-refractivity contribution >= 4 is 16.7 Å². The number of nitrogens with two attached hydrogens (primary N) is 1. The van der Waals surface area contributed by atoms with E-state index in [0.717, 1.165) is 6.07 Å². The quantitative estimate of drug-likeness (QED) is 0.693. The van der Waals surface area contributed by atoms with Crippen molar-refractivity contribution in [1.82, 2.24) is 15.0 Å². The molecule has 3 rings (SSSR count). The number of anilines is 1. The number of aromatic amines is 1. The summed E-state index contributed by atoms with van der Waals surface area (Å²) in [5.74, 6) is -1.52. The number of imidazole rings is 1. The Hall–Kier alpha value is -2.50. The third-order valence-electron chi connectivity index (χ3n) is 2.57. The van der Waals surface area contributed by atoms with Crippen LogP contribution < -0.4 is 5.73 Å². The van der Waals surface area contributed by atoms with E-state index in [1.807, 2.05) is 0 Å². The molecule has 0 atom stereocenters. The smallest absolute Gasteiger partial charge is 0.186 e. The van der Waals surface area contributed by atoms with Crippen LogP contribution in [-0.4, -0.2) is 15.0 Å². The minimum atomic E-state index is -0.967. The molecule has 0 spiro atoms. The maximum Gasteiger partial charge on any atom is 0.186 e. The molecule has 3 aromatic rings. The summed E-state index contributed by atoms with van der Waals surface area (Å²) < 4.78 is 26.5. The van der Waals surface area contributed by atoms with Crippen molar-refractivity contribution in [3.8, 4) is 11.5 Å². The highest BCUT2D eigenvalue weighted by Gasteiger charge is 2.13. The van der Waals surface area contributed by atoms with Crippen LogP contribution in [0, 0.1) is 11.6 Å². The van der Waals surface area contributed by atoms with Crippen molar-refractivity contribution in [2.24, 2.45) is 0 Å². The lowest BCUT2D eigenvalue weighted by Gasteiger charge is -1.95. The van der Waals surface area contributed by atoms with Crippen LogP contribution >= 0.6 is 0 Å². The highest BCUT2D eigenvalue weighted by Crippen LogP contribution is 2.22. The Morgan fingerprint density at radius 2 is 1.94 bits per heavy atom. The van der Waals surface area contributed by atoms with Crippen LogP contribution in [0.15, 0.2) is 30.5 Å². The SMILES string of the molecule is Nc1ccc(-c2nc3c(F)c(F)ccc3[nH]2)nc1. The molecule has 0 bridgehead atoms. The number of hydrogen-bond acceptors (Lipinski definition) is 3. The van der Waals surface area contributed by atoms with Gasteiger partial charge in [-0.1, -0.05) is 0 Å². The van der Waals surface area contributed by atoms with Crippen LogP contribution in [0.2, 0.25) is 0 Å². The molecular weight excluding hydrogens is 238 g/mol. The number of fused-ring (bicyclic) bond motifs is 1. The second-order valence-corrected chi connectivity index (χ2v) is 3.82. The molecule has 18 heavy (non-hydrogen) atoms. The molecule has 6 heteroatoms. The zero-order valence-corrected chi connectivity index (χ0v) is 9.11. The number of rotatable bonds is 1. The third-order valence-corrected chi connectivity index (χ3v) is 2.57. The van der Waals surface area contributed by atoms with Crippen molar-refractivity contribution in [3.05, 3.63) is 42.1 Å². The summed E-state index contributed by atoms with van der Waals surface area (Å²) in [7, 11) is 0. The molecule has 0 saturated heterocycles. The molecule has 1 aromatic carbocycles. The van der Waals surface area contributed by atoms with E-state index in [9.17, 15) is 8.78 Å². The minimum Gasteiger partial charge on any atom is -0.397 e. The van der Waals surface area contributed by atoms with Crippen LogP contribution in [-0.2, 0) is 0 Å². The number of H-pyrrole nitrogens is 1. The van der Waals surface area contributed by atoms with Crippen LogP contribution in [0.3, 0.4) is 0 Å². The fourth-order valence-corrected chi connectivity index (χ4v) is 1.68. The van der Waals surface area contributed by atoms with Gasteiger partial charge in [-0.05, 0) is 24.3 Å². The van der Waals surface area contributed by atoms with Crippen molar-refractivity contribution in [3.63, 3.8) is 0 Å². The fourth-order valence-electron chi connectivity index (χ4n) is 1.68. The molecule has 0 amide bonds. The Bertz CT molecular complexity index is 719. The van der Waals surface area contributed by atoms with Crippen molar-refractivity contribution in [2.75, 3.05) is 5.73 Å². The molecule has 0 unspecified atom stereocenters. The number of nitrogens with zero attached hydrogens (tertiary/aromatic N) is 2. The van der Waals surface area contributed by atoms with Gasteiger partial charge in [-0.2, -0.15) is 0 Å². The van der Waals surface area contributed by atoms with E-state index >= 15 is 0 Å². The fraction of sp³-hybridized carbons (Fsp3) is 0. The molecule has 2 aromatic heterocycles. The van der Waals surface area contributed by atoms with Gasteiger partial charge in [0.1, 0.15) is 11.2 Å². The van der Waals surface area contributed by atoms with Crippen molar-refractivity contribution in [1.29, 1.82) is 0 Å². The summed E-state index contributed by atoms with van der Waals surface area (Å²) in [4.78, 5) is 10.9. The Balaban J connectivity index is 2.19. The summed E-state index contributed by atoms with van der Waals surface area (Å²) in [6.45, 7) is 0. The van der Waals surface area contributed by atoms with Gasteiger partial charge in [0.15, 0.2) is 17.5 Å². The predicted octanol–water partition coefficient (Wildman–Crippen LogP) is 2.49. The molecule has 0 saturated carbocycles.